The van der Waals surface area contributed by atoms with Crippen molar-refractivity contribution in [3.63, 3.8) is 0 Å². The van der Waals surface area contributed by atoms with E-state index in [2.05, 4.69) is 19.1 Å². The number of amides is 2. The summed E-state index contributed by atoms with van der Waals surface area (Å²) in [7, 11) is 0. The molecular weight excluding hydrogens is 340 g/mol. The minimum atomic E-state index is 0.235. The maximum Gasteiger partial charge on any atom is 0.226 e. The van der Waals surface area contributed by atoms with E-state index in [4.69, 9.17) is 4.74 Å². The van der Waals surface area contributed by atoms with Gasteiger partial charge in [0.25, 0.3) is 0 Å². The van der Waals surface area contributed by atoms with Gasteiger partial charge >= 0.3 is 0 Å². The zero-order valence-electron chi connectivity index (χ0n) is 16.3. The molecule has 0 bridgehead atoms. The Labute approximate surface area is 161 Å². The highest BCUT2D eigenvalue weighted by Gasteiger charge is 2.34. The molecule has 4 rings (SSSR count). The molecule has 2 aliphatic heterocycles. The summed E-state index contributed by atoms with van der Waals surface area (Å²) in [6.07, 6.45) is 6.82. The van der Waals surface area contributed by atoms with E-state index in [0.717, 1.165) is 55.5 Å². The molecule has 0 N–H and O–H groups in total. The summed E-state index contributed by atoms with van der Waals surface area (Å²) in [5, 5.41) is 0. The molecule has 1 saturated heterocycles. The van der Waals surface area contributed by atoms with Crippen molar-refractivity contribution < 1.29 is 14.3 Å². The van der Waals surface area contributed by atoms with Gasteiger partial charge in [-0.15, -0.1) is 0 Å². The van der Waals surface area contributed by atoms with Crippen molar-refractivity contribution >= 4 is 11.8 Å². The van der Waals surface area contributed by atoms with E-state index in [0.29, 0.717) is 32.2 Å². The van der Waals surface area contributed by atoms with Crippen molar-refractivity contribution in [1.82, 2.24) is 9.80 Å². The third-order valence-electron chi connectivity index (χ3n) is 6.09. The fourth-order valence-electron chi connectivity index (χ4n) is 4.24. The Morgan fingerprint density at radius 3 is 2.78 bits per heavy atom. The van der Waals surface area contributed by atoms with E-state index in [1.54, 1.807) is 0 Å². The molecule has 146 valence electrons. The second-order valence-electron chi connectivity index (χ2n) is 8.26. The highest BCUT2D eigenvalue weighted by molar-refractivity contribution is 5.81. The van der Waals surface area contributed by atoms with Crippen LogP contribution in [0.4, 0.5) is 0 Å². The number of ether oxygens (including phenoxy) is 1. The van der Waals surface area contributed by atoms with Crippen LogP contribution < -0.4 is 4.74 Å². The molecule has 1 atom stereocenters. The minimum absolute atomic E-state index is 0.235. The van der Waals surface area contributed by atoms with Gasteiger partial charge in [0.2, 0.25) is 11.8 Å². The Morgan fingerprint density at radius 2 is 2.00 bits per heavy atom. The van der Waals surface area contributed by atoms with Gasteiger partial charge < -0.3 is 14.5 Å². The standard InChI is InChI=1S/C22H30N2O3/c1-16-4-2-3-11-24(16)21(25)10-6-17-5-9-20-19(14-17)15-23(12-13-27-20)22(26)18-7-8-18/h5,9,14,16,18H,2-4,6-8,10-13,15H2,1H3. The van der Waals surface area contributed by atoms with Crippen LogP contribution in [0.5, 0.6) is 5.75 Å². The molecule has 1 aliphatic carbocycles. The van der Waals surface area contributed by atoms with Crippen LogP contribution in [0, 0.1) is 5.92 Å². The van der Waals surface area contributed by atoms with E-state index in [-0.39, 0.29) is 17.7 Å². The normalized spacial score (nSPS) is 22.6. The average molecular weight is 370 g/mol. The van der Waals surface area contributed by atoms with Gasteiger partial charge in [-0.1, -0.05) is 12.1 Å². The van der Waals surface area contributed by atoms with Gasteiger partial charge in [-0.25, -0.2) is 0 Å². The molecule has 1 aromatic carbocycles. The third kappa shape index (κ3) is 4.28. The molecule has 3 aliphatic rings. The SMILES string of the molecule is CC1CCCCN1C(=O)CCc1ccc2c(c1)CN(C(=O)C1CC1)CCO2. The van der Waals surface area contributed by atoms with Crippen molar-refractivity contribution in [2.24, 2.45) is 5.92 Å². The number of aryl methyl sites for hydroxylation is 1. The largest absolute Gasteiger partial charge is 0.491 e. The summed E-state index contributed by atoms with van der Waals surface area (Å²) in [6, 6.07) is 6.56. The summed E-state index contributed by atoms with van der Waals surface area (Å²) >= 11 is 0. The summed E-state index contributed by atoms with van der Waals surface area (Å²) in [5.41, 5.74) is 2.22. The van der Waals surface area contributed by atoms with E-state index < -0.39 is 0 Å². The molecule has 0 aromatic heterocycles. The zero-order chi connectivity index (χ0) is 18.8. The number of benzene rings is 1. The minimum Gasteiger partial charge on any atom is -0.491 e. The summed E-state index contributed by atoms with van der Waals surface area (Å²) in [6.45, 7) is 4.88. The third-order valence-corrected chi connectivity index (χ3v) is 6.09. The van der Waals surface area contributed by atoms with Crippen LogP contribution in [0.1, 0.15) is 56.6 Å². The van der Waals surface area contributed by atoms with Crippen LogP contribution in [0.3, 0.4) is 0 Å². The van der Waals surface area contributed by atoms with Crippen LogP contribution in [0.25, 0.3) is 0 Å². The maximum atomic E-state index is 12.6. The Hall–Kier alpha value is -2.04. The molecule has 2 fully saturated rings. The fourth-order valence-corrected chi connectivity index (χ4v) is 4.24. The lowest BCUT2D eigenvalue weighted by molar-refractivity contribution is -0.134. The summed E-state index contributed by atoms with van der Waals surface area (Å²) in [4.78, 5) is 29.0. The topological polar surface area (TPSA) is 49.9 Å². The van der Waals surface area contributed by atoms with Crippen LogP contribution >= 0.6 is 0 Å². The lowest BCUT2D eigenvalue weighted by Gasteiger charge is -2.33. The van der Waals surface area contributed by atoms with Gasteiger partial charge in [0, 0.05) is 37.0 Å². The molecule has 1 saturated carbocycles. The molecule has 0 radical (unpaired) electrons. The number of rotatable bonds is 4. The smallest absolute Gasteiger partial charge is 0.226 e. The monoisotopic (exact) mass is 370 g/mol. The average Bonchev–Trinajstić information content (AvgIpc) is 3.52. The number of carbonyl (C=O) groups is 2. The Morgan fingerprint density at radius 1 is 1.15 bits per heavy atom. The molecule has 2 heterocycles. The van der Waals surface area contributed by atoms with Crippen molar-refractivity contribution in [1.29, 1.82) is 0 Å². The fraction of sp³-hybridized carbons (Fsp3) is 0.636. The van der Waals surface area contributed by atoms with Crippen LogP contribution in [-0.2, 0) is 22.6 Å². The predicted octanol–water partition coefficient (Wildman–Crippen LogP) is 3.15. The van der Waals surface area contributed by atoms with Gasteiger partial charge in [-0.2, -0.15) is 0 Å². The zero-order valence-corrected chi connectivity index (χ0v) is 16.3. The van der Waals surface area contributed by atoms with E-state index in [9.17, 15) is 9.59 Å². The highest BCUT2D eigenvalue weighted by atomic mass is 16.5. The molecule has 5 heteroatoms. The van der Waals surface area contributed by atoms with Crippen LogP contribution in [0.15, 0.2) is 18.2 Å². The first-order valence-electron chi connectivity index (χ1n) is 10.4. The van der Waals surface area contributed by atoms with Gasteiger partial charge in [-0.05, 0) is 57.1 Å². The van der Waals surface area contributed by atoms with Gasteiger partial charge in [0.15, 0.2) is 0 Å². The van der Waals surface area contributed by atoms with Crippen LogP contribution in [-0.4, -0.2) is 47.4 Å². The molecule has 5 nitrogen and oxygen atoms in total. The first-order valence-corrected chi connectivity index (χ1v) is 10.4. The van der Waals surface area contributed by atoms with Crippen molar-refractivity contribution in [2.45, 2.75) is 64.5 Å². The number of nitrogens with zero attached hydrogens (tertiary/aromatic N) is 2. The summed E-state index contributed by atoms with van der Waals surface area (Å²) < 4.78 is 5.85. The first kappa shape index (κ1) is 18.3. The Balaban J connectivity index is 1.39. The van der Waals surface area contributed by atoms with Crippen molar-refractivity contribution in [3.8, 4) is 5.75 Å². The molecular formula is C22H30N2O3. The van der Waals surface area contributed by atoms with Crippen LogP contribution in [0.2, 0.25) is 0 Å². The maximum absolute atomic E-state index is 12.6. The molecule has 27 heavy (non-hydrogen) atoms. The quantitative estimate of drug-likeness (QED) is 0.818. The predicted molar refractivity (Wildman–Crippen MR) is 103 cm³/mol. The van der Waals surface area contributed by atoms with Gasteiger partial charge in [0.05, 0.1) is 6.54 Å². The Bertz CT molecular complexity index is 714. The summed E-state index contributed by atoms with van der Waals surface area (Å²) in [5.74, 6) is 1.64. The number of fused-ring (bicyclic) bond motifs is 1. The lowest BCUT2D eigenvalue weighted by Crippen LogP contribution is -2.42. The molecule has 1 unspecified atom stereocenters. The van der Waals surface area contributed by atoms with Gasteiger partial charge in [0.1, 0.15) is 12.4 Å². The lowest BCUT2D eigenvalue weighted by atomic mass is 10.0. The van der Waals surface area contributed by atoms with Crippen molar-refractivity contribution in [2.75, 3.05) is 19.7 Å². The van der Waals surface area contributed by atoms with Gasteiger partial charge in [-0.3, -0.25) is 9.59 Å². The van der Waals surface area contributed by atoms with Crippen molar-refractivity contribution in [3.05, 3.63) is 29.3 Å². The number of likely N-dealkylation sites (tertiary alicyclic amines) is 1. The number of hydrogen-bond acceptors (Lipinski definition) is 3. The Kier molecular flexibility index (Phi) is 5.37. The number of hydrogen-bond donors (Lipinski definition) is 0. The number of carbonyl (C=O) groups excluding carboxylic acids is 2. The van der Waals surface area contributed by atoms with E-state index >= 15 is 0 Å². The number of piperidine rings is 1. The van der Waals surface area contributed by atoms with E-state index in [1.807, 2.05) is 15.9 Å². The first-order chi connectivity index (χ1) is 13.1. The molecule has 0 spiro atoms. The molecule has 1 aromatic rings. The highest BCUT2D eigenvalue weighted by Crippen LogP contribution is 2.33. The molecule has 2 amide bonds. The van der Waals surface area contributed by atoms with E-state index in [1.165, 1.54) is 6.42 Å². The second kappa shape index (κ2) is 7.91. The second-order valence-corrected chi connectivity index (χ2v) is 8.26.